The fraction of sp³-hybridized carbons (Fsp3) is 0.500. The predicted octanol–water partition coefficient (Wildman–Crippen LogP) is 2.78. The van der Waals surface area contributed by atoms with Crippen LogP contribution >= 0.6 is 0 Å². The van der Waals surface area contributed by atoms with Crippen molar-refractivity contribution in [1.82, 2.24) is 10.2 Å². The number of likely N-dealkylation sites (tertiary alicyclic amines) is 1. The van der Waals surface area contributed by atoms with E-state index < -0.39 is 0 Å². The molecule has 2 aliphatic rings. The molecule has 8 heteroatoms. The summed E-state index contributed by atoms with van der Waals surface area (Å²) >= 11 is 0. The second kappa shape index (κ2) is 9.45. The number of urea groups is 1. The van der Waals surface area contributed by atoms with Gasteiger partial charge in [0.1, 0.15) is 0 Å². The molecule has 152 valence electrons. The van der Waals surface area contributed by atoms with Crippen molar-refractivity contribution in [3.63, 3.8) is 0 Å². The van der Waals surface area contributed by atoms with Crippen LogP contribution in [0.25, 0.3) is 0 Å². The molecule has 2 heterocycles. The molecule has 0 unspecified atom stereocenters. The van der Waals surface area contributed by atoms with Crippen molar-refractivity contribution in [1.29, 1.82) is 0 Å². The van der Waals surface area contributed by atoms with Gasteiger partial charge in [-0.05, 0) is 44.0 Å². The van der Waals surface area contributed by atoms with Gasteiger partial charge >= 0.3 is 12.1 Å². The number of allylic oxidation sites excluding steroid dienone is 1. The van der Waals surface area contributed by atoms with E-state index in [4.69, 9.17) is 9.47 Å². The number of hydrogen-bond donors (Lipinski definition) is 2. The van der Waals surface area contributed by atoms with Crippen molar-refractivity contribution >= 4 is 23.5 Å². The maximum atomic E-state index is 12.3. The van der Waals surface area contributed by atoms with E-state index >= 15 is 0 Å². The van der Waals surface area contributed by atoms with E-state index in [-0.39, 0.29) is 18.2 Å². The number of carbonyl (C=O) groups is 2. The number of carbonyl (C=O) groups excluding carboxylic acids is 2. The van der Waals surface area contributed by atoms with E-state index in [1.807, 2.05) is 24.3 Å². The molecule has 0 bridgehead atoms. The molecule has 0 aliphatic carbocycles. The molecule has 1 aromatic carbocycles. The van der Waals surface area contributed by atoms with Gasteiger partial charge < -0.3 is 29.9 Å². The van der Waals surface area contributed by atoms with Gasteiger partial charge in [0.2, 0.25) is 0 Å². The minimum absolute atomic E-state index is 0.0292. The average Bonchev–Trinajstić information content (AvgIpc) is 2.69. The fourth-order valence-electron chi connectivity index (χ4n) is 3.35. The van der Waals surface area contributed by atoms with Gasteiger partial charge in [-0.25, -0.2) is 9.59 Å². The third-order valence-corrected chi connectivity index (χ3v) is 4.85. The van der Waals surface area contributed by atoms with Gasteiger partial charge in [0, 0.05) is 43.6 Å². The summed E-state index contributed by atoms with van der Waals surface area (Å²) in [5.74, 6) is 0.379. The van der Waals surface area contributed by atoms with Gasteiger partial charge in [-0.3, -0.25) is 0 Å². The van der Waals surface area contributed by atoms with Gasteiger partial charge in [-0.15, -0.1) is 0 Å². The zero-order valence-electron chi connectivity index (χ0n) is 16.3. The lowest BCUT2D eigenvalue weighted by Crippen LogP contribution is -2.47. The van der Waals surface area contributed by atoms with E-state index in [0.29, 0.717) is 31.7 Å². The fourth-order valence-corrected chi connectivity index (χ4v) is 3.35. The molecule has 1 aromatic rings. The Kier molecular flexibility index (Phi) is 6.76. The summed E-state index contributed by atoms with van der Waals surface area (Å²) in [6, 6.07) is 7.61. The van der Waals surface area contributed by atoms with Gasteiger partial charge in [-0.1, -0.05) is 6.58 Å². The molecule has 28 heavy (non-hydrogen) atoms. The Labute approximate surface area is 165 Å². The van der Waals surface area contributed by atoms with Crippen LogP contribution < -0.4 is 15.5 Å². The van der Waals surface area contributed by atoms with Gasteiger partial charge in [0.15, 0.2) is 0 Å². The van der Waals surface area contributed by atoms with Crippen LogP contribution in [0.15, 0.2) is 36.6 Å². The third kappa shape index (κ3) is 5.63. The summed E-state index contributed by atoms with van der Waals surface area (Å²) in [5.41, 5.74) is 1.88. The summed E-state index contributed by atoms with van der Waals surface area (Å²) < 4.78 is 10.4. The molecule has 2 saturated heterocycles. The lowest BCUT2D eigenvalue weighted by atomic mass is 10.1. The van der Waals surface area contributed by atoms with E-state index in [0.717, 1.165) is 37.7 Å². The molecular weight excluding hydrogens is 360 g/mol. The van der Waals surface area contributed by atoms with Crippen LogP contribution in [0.5, 0.6) is 0 Å². The molecule has 2 fully saturated rings. The number of benzene rings is 1. The lowest BCUT2D eigenvalue weighted by molar-refractivity contribution is 0.115. The first-order valence-electron chi connectivity index (χ1n) is 9.64. The Morgan fingerprint density at radius 2 is 1.75 bits per heavy atom. The highest BCUT2D eigenvalue weighted by Crippen LogP contribution is 2.19. The monoisotopic (exact) mass is 388 g/mol. The van der Waals surface area contributed by atoms with Crippen LogP contribution in [0, 0.1) is 0 Å². The van der Waals surface area contributed by atoms with Crippen LogP contribution in [-0.4, -0.2) is 62.5 Å². The highest BCUT2D eigenvalue weighted by atomic mass is 16.6. The highest BCUT2D eigenvalue weighted by Gasteiger charge is 2.25. The number of rotatable bonds is 4. The topological polar surface area (TPSA) is 83.1 Å². The number of nitrogens with zero attached hydrogens (tertiary/aromatic N) is 2. The maximum Gasteiger partial charge on any atom is 0.414 e. The molecule has 0 radical (unpaired) electrons. The van der Waals surface area contributed by atoms with Crippen molar-refractivity contribution in [2.24, 2.45) is 0 Å². The van der Waals surface area contributed by atoms with Gasteiger partial charge in [0.05, 0.1) is 19.0 Å². The Bertz CT molecular complexity index is 693. The molecule has 0 saturated carbocycles. The Balaban J connectivity index is 1.42. The molecule has 0 atom stereocenters. The number of ether oxygens (including phenoxy) is 2. The average molecular weight is 388 g/mol. The number of piperidine rings is 1. The maximum absolute atomic E-state index is 12.3. The van der Waals surface area contributed by atoms with Gasteiger partial charge in [0.25, 0.3) is 0 Å². The molecule has 3 rings (SSSR count). The SMILES string of the molecule is C=C(C)OC(=O)N1CCC(NC(=O)Nc2ccc(N3CCOCC3)cc2)CC1. The smallest absolute Gasteiger partial charge is 0.414 e. The van der Waals surface area contributed by atoms with Crippen molar-refractivity contribution in [2.45, 2.75) is 25.8 Å². The molecule has 8 nitrogen and oxygen atoms in total. The summed E-state index contributed by atoms with van der Waals surface area (Å²) in [5, 5.41) is 5.84. The summed E-state index contributed by atoms with van der Waals surface area (Å²) in [6.07, 6.45) is 0.999. The molecule has 2 aliphatic heterocycles. The van der Waals surface area contributed by atoms with Crippen molar-refractivity contribution in [3.05, 3.63) is 36.6 Å². The number of hydrogen-bond acceptors (Lipinski definition) is 5. The Morgan fingerprint density at radius 1 is 1.11 bits per heavy atom. The van der Waals surface area contributed by atoms with Crippen LogP contribution in [0.2, 0.25) is 0 Å². The first kappa shape index (κ1) is 20.0. The first-order valence-corrected chi connectivity index (χ1v) is 9.64. The lowest BCUT2D eigenvalue weighted by Gasteiger charge is -2.31. The molecule has 0 spiro atoms. The number of morpholine rings is 1. The van der Waals surface area contributed by atoms with Crippen LogP contribution in [0.1, 0.15) is 19.8 Å². The summed E-state index contributed by atoms with van der Waals surface area (Å²) in [7, 11) is 0. The van der Waals surface area contributed by atoms with E-state index in [1.165, 1.54) is 0 Å². The normalized spacial score (nSPS) is 17.8. The minimum Gasteiger partial charge on any atom is -0.416 e. The second-order valence-electron chi connectivity index (χ2n) is 7.08. The van der Waals surface area contributed by atoms with Crippen LogP contribution in [0.4, 0.5) is 21.0 Å². The number of anilines is 2. The molecule has 3 amide bonds. The van der Waals surface area contributed by atoms with Crippen LogP contribution in [0.3, 0.4) is 0 Å². The zero-order valence-corrected chi connectivity index (χ0v) is 16.3. The minimum atomic E-state index is -0.379. The highest BCUT2D eigenvalue weighted by molar-refractivity contribution is 5.89. The van der Waals surface area contributed by atoms with Crippen molar-refractivity contribution in [2.75, 3.05) is 49.6 Å². The third-order valence-electron chi connectivity index (χ3n) is 4.85. The van der Waals surface area contributed by atoms with Crippen molar-refractivity contribution < 1.29 is 19.1 Å². The van der Waals surface area contributed by atoms with E-state index in [1.54, 1.807) is 11.8 Å². The Hall–Kier alpha value is -2.74. The molecule has 0 aromatic heterocycles. The van der Waals surface area contributed by atoms with Gasteiger partial charge in [-0.2, -0.15) is 0 Å². The van der Waals surface area contributed by atoms with E-state index in [2.05, 4.69) is 22.1 Å². The molecule has 2 N–H and O–H groups in total. The second-order valence-corrected chi connectivity index (χ2v) is 7.08. The van der Waals surface area contributed by atoms with Crippen molar-refractivity contribution in [3.8, 4) is 0 Å². The predicted molar refractivity (Wildman–Crippen MR) is 108 cm³/mol. The largest absolute Gasteiger partial charge is 0.416 e. The number of amides is 3. The quantitative estimate of drug-likeness (QED) is 0.775. The Morgan fingerprint density at radius 3 is 2.36 bits per heavy atom. The summed E-state index contributed by atoms with van der Waals surface area (Å²) in [4.78, 5) is 28.0. The zero-order chi connectivity index (χ0) is 19.9. The van der Waals surface area contributed by atoms with E-state index in [9.17, 15) is 9.59 Å². The van der Waals surface area contributed by atoms with Crippen LogP contribution in [-0.2, 0) is 9.47 Å². The summed E-state index contributed by atoms with van der Waals surface area (Å²) in [6.45, 7) is 9.56. The first-order chi connectivity index (χ1) is 13.5. The molecular formula is C20H28N4O4. The number of nitrogens with one attached hydrogen (secondary N) is 2. The standard InChI is InChI=1S/C20H28N4O4/c1-15(2)28-20(26)24-9-7-17(8-10-24)22-19(25)21-16-3-5-18(6-4-16)23-11-13-27-14-12-23/h3-6,17H,1,7-14H2,2H3,(H2,21,22,25).